The van der Waals surface area contributed by atoms with Crippen LogP contribution in [0.2, 0.25) is 0 Å². The third-order valence-electron chi connectivity index (χ3n) is 5.84. The highest BCUT2D eigenvalue weighted by atomic mass is 79.9. The Hall–Kier alpha value is -2.05. The Balaban J connectivity index is 1.34. The molecule has 1 amide bonds. The zero-order valence-electron chi connectivity index (χ0n) is 18.6. The molecule has 0 bridgehead atoms. The molecule has 1 aliphatic heterocycles. The molecule has 5 nitrogen and oxygen atoms in total. The van der Waals surface area contributed by atoms with Crippen molar-refractivity contribution >= 4 is 22.0 Å². The first-order valence-electron chi connectivity index (χ1n) is 10.9. The molecular formula is C25H31BrN2O3. The minimum Gasteiger partial charge on any atom is -0.489 e. The van der Waals surface area contributed by atoms with E-state index in [9.17, 15) is 4.79 Å². The fraction of sp³-hybridized carbons (Fsp3) is 0.480. The van der Waals surface area contributed by atoms with Gasteiger partial charge in [0.15, 0.2) is 0 Å². The molecule has 2 aliphatic rings. The Kier molecular flexibility index (Phi) is 6.31. The predicted molar refractivity (Wildman–Crippen MR) is 125 cm³/mol. The number of hydrogen-bond donors (Lipinski definition) is 0. The largest absolute Gasteiger partial charge is 0.489 e. The fourth-order valence-electron chi connectivity index (χ4n) is 4.10. The molecule has 0 radical (unpaired) electrons. The molecule has 4 rings (SSSR count). The van der Waals surface area contributed by atoms with Gasteiger partial charge < -0.3 is 9.47 Å². The van der Waals surface area contributed by atoms with Gasteiger partial charge in [0.2, 0.25) is 0 Å². The van der Waals surface area contributed by atoms with Gasteiger partial charge in [0.1, 0.15) is 18.0 Å². The van der Waals surface area contributed by atoms with Gasteiger partial charge in [-0.05, 0) is 56.9 Å². The summed E-state index contributed by atoms with van der Waals surface area (Å²) in [7, 11) is 0. The topological polar surface area (TPSA) is 42.0 Å². The summed E-state index contributed by atoms with van der Waals surface area (Å²) in [5, 5.41) is 0. The van der Waals surface area contributed by atoms with Crippen LogP contribution in [0.25, 0.3) is 0 Å². The fourth-order valence-corrected chi connectivity index (χ4v) is 4.58. The van der Waals surface area contributed by atoms with Crippen LogP contribution in [-0.2, 0) is 17.9 Å². The number of hydrogen-bond acceptors (Lipinski definition) is 4. The maximum atomic E-state index is 12.7. The number of carbonyl (C=O) groups excluding carboxylic acids is 1. The number of piperazine rings is 1. The van der Waals surface area contributed by atoms with Crippen LogP contribution in [0.4, 0.5) is 4.79 Å². The van der Waals surface area contributed by atoms with Gasteiger partial charge >= 0.3 is 6.09 Å². The van der Waals surface area contributed by atoms with Crippen molar-refractivity contribution in [3.05, 3.63) is 64.1 Å². The van der Waals surface area contributed by atoms with Crippen molar-refractivity contribution in [2.45, 2.75) is 57.9 Å². The van der Waals surface area contributed by atoms with E-state index in [0.29, 0.717) is 13.2 Å². The van der Waals surface area contributed by atoms with E-state index >= 15 is 0 Å². The number of halogens is 1. The maximum Gasteiger partial charge on any atom is 0.410 e. The summed E-state index contributed by atoms with van der Waals surface area (Å²) in [6.07, 6.45) is 1.93. The normalized spacial score (nSPS) is 18.1. The average Bonchev–Trinajstić information content (AvgIpc) is 3.47. The van der Waals surface area contributed by atoms with E-state index in [1.54, 1.807) is 0 Å². The van der Waals surface area contributed by atoms with E-state index in [-0.39, 0.29) is 11.6 Å². The van der Waals surface area contributed by atoms with Crippen molar-refractivity contribution in [2.75, 3.05) is 19.6 Å². The van der Waals surface area contributed by atoms with Crippen LogP contribution in [0.1, 0.15) is 44.7 Å². The summed E-state index contributed by atoms with van der Waals surface area (Å²) in [5.74, 6) is 0.855. The molecule has 0 unspecified atom stereocenters. The first-order valence-corrected chi connectivity index (χ1v) is 11.7. The summed E-state index contributed by atoms with van der Waals surface area (Å²) in [5.41, 5.74) is 1.87. The molecular weight excluding hydrogens is 456 g/mol. The molecule has 0 N–H and O–H groups in total. The Morgan fingerprint density at radius 3 is 2.48 bits per heavy atom. The standard InChI is InChI=1S/C25H31BrN2O3/c1-24(2,3)31-23(29)28-14-13-27(18-25(28)11-12-25)16-20-9-10-21(15-22(20)26)30-17-19-7-5-4-6-8-19/h4-10,15H,11-14,16-18H2,1-3H3. The average molecular weight is 487 g/mol. The maximum absolute atomic E-state index is 12.7. The lowest BCUT2D eigenvalue weighted by molar-refractivity contribution is -0.00811. The Morgan fingerprint density at radius 2 is 1.84 bits per heavy atom. The molecule has 6 heteroatoms. The van der Waals surface area contributed by atoms with Crippen molar-refractivity contribution in [1.29, 1.82) is 0 Å². The predicted octanol–water partition coefficient (Wildman–Crippen LogP) is 5.61. The molecule has 2 aromatic carbocycles. The van der Waals surface area contributed by atoms with Crippen molar-refractivity contribution in [2.24, 2.45) is 0 Å². The lowest BCUT2D eigenvalue weighted by Crippen LogP contribution is -2.57. The molecule has 0 aromatic heterocycles. The SMILES string of the molecule is CC(C)(C)OC(=O)N1CCN(Cc2ccc(OCc3ccccc3)cc2Br)CC12CC2. The van der Waals surface area contributed by atoms with Crippen molar-refractivity contribution in [3.8, 4) is 5.75 Å². The summed E-state index contributed by atoms with van der Waals surface area (Å²) in [6, 6.07) is 16.4. The molecule has 1 spiro atoms. The number of nitrogens with zero attached hydrogens (tertiary/aromatic N) is 2. The minimum absolute atomic E-state index is 0.0498. The highest BCUT2D eigenvalue weighted by Gasteiger charge is 2.54. The van der Waals surface area contributed by atoms with Gasteiger partial charge in [-0.25, -0.2) is 4.79 Å². The zero-order chi connectivity index (χ0) is 22.1. The van der Waals surface area contributed by atoms with Crippen molar-refractivity contribution in [1.82, 2.24) is 9.80 Å². The van der Waals surface area contributed by atoms with Crippen molar-refractivity contribution < 1.29 is 14.3 Å². The van der Waals surface area contributed by atoms with Gasteiger partial charge in [-0.15, -0.1) is 0 Å². The highest BCUT2D eigenvalue weighted by Crippen LogP contribution is 2.45. The van der Waals surface area contributed by atoms with Crippen molar-refractivity contribution in [3.63, 3.8) is 0 Å². The Labute approximate surface area is 193 Å². The van der Waals surface area contributed by atoms with E-state index in [1.807, 2.05) is 56.0 Å². The first kappa shape index (κ1) is 22.2. The first-order chi connectivity index (χ1) is 14.7. The van der Waals surface area contributed by atoms with Gasteiger partial charge in [0.05, 0.1) is 5.54 Å². The quantitative estimate of drug-likeness (QED) is 0.550. The molecule has 1 aliphatic carbocycles. The van der Waals surface area contributed by atoms with Crippen LogP contribution in [0, 0.1) is 0 Å². The highest BCUT2D eigenvalue weighted by molar-refractivity contribution is 9.10. The lowest BCUT2D eigenvalue weighted by Gasteiger charge is -2.42. The van der Waals surface area contributed by atoms with Gasteiger partial charge in [0, 0.05) is 30.7 Å². The zero-order valence-corrected chi connectivity index (χ0v) is 20.2. The number of carbonyl (C=O) groups is 1. The number of benzene rings is 2. The molecule has 1 saturated heterocycles. The minimum atomic E-state index is -0.459. The van der Waals surface area contributed by atoms with E-state index in [4.69, 9.17) is 9.47 Å². The van der Waals surface area contributed by atoms with Gasteiger partial charge in [-0.3, -0.25) is 9.80 Å². The second-order valence-electron chi connectivity index (χ2n) is 9.59. The van der Waals surface area contributed by atoms with Crippen LogP contribution in [-0.4, -0.2) is 46.7 Å². The van der Waals surface area contributed by atoms with E-state index < -0.39 is 5.60 Å². The number of ether oxygens (including phenoxy) is 2. The second kappa shape index (κ2) is 8.83. The van der Waals surface area contributed by atoms with Gasteiger partial charge in [0.25, 0.3) is 0 Å². The molecule has 1 heterocycles. The molecule has 2 fully saturated rings. The van der Waals surface area contributed by atoms with E-state index in [1.165, 1.54) is 5.56 Å². The Bertz CT molecular complexity index is 922. The van der Waals surface area contributed by atoms with Crippen LogP contribution < -0.4 is 4.74 Å². The Morgan fingerprint density at radius 1 is 1.10 bits per heavy atom. The summed E-state index contributed by atoms with van der Waals surface area (Å²) in [6.45, 7) is 9.63. The summed E-state index contributed by atoms with van der Waals surface area (Å²) in [4.78, 5) is 17.1. The number of amides is 1. The molecule has 166 valence electrons. The van der Waals surface area contributed by atoms with Crippen LogP contribution >= 0.6 is 15.9 Å². The van der Waals surface area contributed by atoms with Gasteiger partial charge in [-0.2, -0.15) is 0 Å². The van der Waals surface area contributed by atoms with Crippen LogP contribution in [0.15, 0.2) is 53.0 Å². The monoisotopic (exact) mass is 486 g/mol. The molecule has 0 atom stereocenters. The van der Waals surface area contributed by atoms with Gasteiger partial charge in [-0.1, -0.05) is 52.3 Å². The molecule has 31 heavy (non-hydrogen) atoms. The third kappa shape index (κ3) is 5.60. The van der Waals surface area contributed by atoms with Crippen LogP contribution in [0.3, 0.4) is 0 Å². The van der Waals surface area contributed by atoms with E-state index in [2.05, 4.69) is 39.0 Å². The summed E-state index contributed by atoms with van der Waals surface area (Å²) < 4.78 is 12.6. The number of rotatable bonds is 5. The lowest BCUT2D eigenvalue weighted by atomic mass is 10.1. The summed E-state index contributed by atoms with van der Waals surface area (Å²) >= 11 is 3.72. The molecule has 1 saturated carbocycles. The molecule has 2 aromatic rings. The smallest absolute Gasteiger partial charge is 0.410 e. The second-order valence-corrected chi connectivity index (χ2v) is 10.4. The van der Waals surface area contributed by atoms with Crippen LogP contribution in [0.5, 0.6) is 5.75 Å². The van der Waals surface area contributed by atoms with E-state index in [0.717, 1.165) is 48.3 Å². The third-order valence-corrected chi connectivity index (χ3v) is 6.58.